The van der Waals surface area contributed by atoms with Gasteiger partial charge in [-0.2, -0.15) is 5.26 Å². The van der Waals surface area contributed by atoms with E-state index in [4.69, 9.17) is 5.26 Å². The topological polar surface area (TPSA) is 44.1 Å². The highest BCUT2D eigenvalue weighted by Gasteiger charge is 2.08. The molecule has 1 amide bonds. The zero-order chi connectivity index (χ0) is 13.8. The molecule has 0 aliphatic carbocycles. The third kappa shape index (κ3) is 7.45. The second kappa shape index (κ2) is 10.3. The second-order valence-corrected chi connectivity index (χ2v) is 4.04. The van der Waals surface area contributed by atoms with Crippen molar-refractivity contribution >= 4 is 5.91 Å². The summed E-state index contributed by atoms with van der Waals surface area (Å²) in [5.74, 6) is 0.00843. The third-order valence-corrected chi connectivity index (χ3v) is 2.16. The van der Waals surface area contributed by atoms with Crippen LogP contribution in [0.1, 0.15) is 39.2 Å². The number of nitriles is 1. The van der Waals surface area contributed by atoms with Gasteiger partial charge in [0, 0.05) is 20.0 Å². The first-order valence-corrected chi connectivity index (χ1v) is 6.32. The van der Waals surface area contributed by atoms with Crippen LogP contribution in [0.25, 0.3) is 0 Å². The van der Waals surface area contributed by atoms with Crippen LogP contribution in [-0.4, -0.2) is 17.4 Å². The lowest BCUT2D eigenvalue weighted by molar-refractivity contribution is -0.129. The molecular formula is C15H22N2O. The molecule has 18 heavy (non-hydrogen) atoms. The van der Waals surface area contributed by atoms with Gasteiger partial charge in [-0.25, -0.2) is 0 Å². The second-order valence-electron chi connectivity index (χ2n) is 4.04. The number of carbonyl (C=O) groups excluding carboxylic acids is 1. The van der Waals surface area contributed by atoms with Gasteiger partial charge in [0.25, 0.3) is 0 Å². The van der Waals surface area contributed by atoms with Crippen molar-refractivity contribution in [2.75, 3.05) is 6.54 Å². The van der Waals surface area contributed by atoms with Crippen LogP contribution in [0.4, 0.5) is 0 Å². The van der Waals surface area contributed by atoms with Gasteiger partial charge in [-0.1, -0.05) is 50.6 Å². The third-order valence-electron chi connectivity index (χ3n) is 2.16. The van der Waals surface area contributed by atoms with Crippen molar-refractivity contribution in [2.24, 2.45) is 0 Å². The normalized spacial score (nSPS) is 8.78. The zero-order valence-corrected chi connectivity index (χ0v) is 11.5. The van der Waals surface area contributed by atoms with Crippen molar-refractivity contribution in [3.63, 3.8) is 0 Å². The van der Waals surface area contributed by atoms with Gasteiger partial charge in [-0.15, -0.1) is 0 Å². The standard InChI is InChI=1S/C12H14N2O.C3H8/c1-11(15)14(9-5-8-13)10-12-6-3-2-4-7-12;1-3-2/h2-4,6-7H,5,9-10H2,1H3;3H2,1-2H3. The number of rotatable bonds is 4. The fourth-order valence-corrected chi connectivity index (χ4v) is 1.34. The Morgan fingerprint density at radius 2 is 1.83 bits per heavy atom. The molecule has 0 saturated carbocycles. The molecule has 3 heteroatoms. The number of hydrogen-bond donors (Lipinski definition) is 0. The van der Waals surface area contributed by atoms with E-state index in [1.165, 1.54) is 13.3 Å². The van der Waals surface area contributed by atoms with E-state index in [-0.39, 0.29) is 5.91 Å². The van der Waals surface area contributed by atoms with Crippen LogP contribution >= 0.6 is 0 Å². The van der Waals surface area contributed by atoms with Crippen LogP contribution in [-0.2, 0) is 11.3 Å². The Bertz CT molecular complexity index is 368. The summed E-state index contributed by atoms with van der Waals surface area (Å²) in [6, 6.07) is 11.8. The summed E-state index contributed by atoms with van der Waals surface area (Å²) in [5, 5.41) is 8.48. The fourth-order valence-electron chi connectivity index (χ4n) is 1.34. The van der Waals surface area contributed by atoms with Gasteiger partial charge in [-0.05, 0) is 5.56 Å². The van der Waals surface area contributed by atoms with Crippen molar-refractivity contribution in [1.29, 1.82) is 5.26 Å². The van der Waals surface area contributed by atoms with Crippen LogP contribution in [0.3, 0.4) is 0 Å². The molecular weight excluding hydrogens is 224 g/mol. The molecule has 0 aromatic heterocycles. The van der Waals surface area contributed by atoms with Crippen molar-refractivity contribution in [3.8, 4) is 6.07 Å². The fraction of sp³-hybridized carbons (Fsp3) is 0.467. The molecule has 0 unspecified atom stereocenters. The summed E-state index contributed by atoms with van der Waals surface area (Å²) in [6.07, 6.45) is 1.63. The molecule has 0 aliphatic rings. The van der Waals surface area contributed by atoms with E-state index < -0.39 is 0 Å². The largest absolute Gasteiger partial charge is 0.338 e. The molecule has 1 aromatic carbocycles. The van der Waals surface area contributed by atoms with Crippen molar-refractivity contribution in [3.05, 3.63) is 35.9 Å². The monoisotopic (exact) mass is 246 g/mol. The average Bonchev–Trinajstić information content (AvgIpc) is 2.36. The van der Waals surface area contributed by atoms with Gasteiger partial charge < -0.3 is 4.90 Å². The quantitative estimate of drug-likeness (QED) is 0.817. The maximum Gasteiger partial charge on any atom is 0.219 e. The average molecular weight is 246 g/mol. The van der Waals surface area contributed by atoms with Gasteiger partial charge in [0.15, 0.2) is 0 Å². The molecule has 3 nitrogen and oxygen atoms in total. The molecule has 0 aliphatic heterocycles. The summed E-state index contributed by atoms with van der Waals surface area (Å²) in [4.78, 5) is 12.9. The first-order valence-electron chi connectivity index (χ1n) is 6.32. The van der Waals surface area contributed by atoms with Crippen LogP contribution in [0.5, 0.6) is 0 Å². The maximum atomic E-state index is 11.3. The van der Waals surface area contributed by atoms with Gasteiger partial charge in [0.05, 0.1) is 12.5 Å². The first-order chi connectivity index (χ1) is 8.65. The van der Waals surface area contributed by atoms with Crippen LogP contribution < -0.4 is 0 Å². The minimum absolute atomic E-state index is 0.00843. The molecule has 98 valence electrons. The summed E-state index contributed by atoms with van der Waals surface area (Å²) in [6.45, 7) is 6.86. The zero-order valence-electron chi connectivity index (χ0n) is 11.5. The Morgan fingerprint density at radius 1 is 1.28 bits per heavy atom. The molecule has 0 bridgehead atoms. The van der Waals surface area contributed by atoms with Crippen LogP contribution in [0.2, 0.25) is 0 Å². The number of benzene rings is 1. The lowest BCUT2D eigenvalue weighted by Crippen LogP contribution is -2.28. The maximum absolute atomic E-state index is 11.3. The van der Waals surface area contributed by atoms with Crippen LogP contribution in [0, 0.1) is 11.3 Å². The molecule has 0 N–H and O–H groups in total. The summed E-state index contributed by atoms with van der Waals surface area (Å²) >= 11 is 0. The van der Waals surface area contributed by atoms with E-state index in [0.29, 0.717) is 19.5 Å². The van der Waals surface area contributed by atoms with Crippen molar-refractivity contribution < 1.29 is 4.79 Å². The summed E-state index contributed by atoms with van der Waals surface area (Å²) in [5.41, 5.74) is 1.09. The Hall–Kier alpha value is -1.82. The minimum Gasteiger partial charge on any atom is -0.338 e. The first kappa shape index (κ1) is 16.2. The summed E-state index contributed by atoms with van der Waals surface area (Å²) in [7, 11) is 0. The molecule has 0 radical (unpaired) electrons. The highest BCUT2D eigenvalue weighted by Crippen LogP contribution is 2.05. The number of nitrogens with zero attached hydrogens (tertiary/aromatic N) is 2. The Labute approximate surface area is 110 Å². The van der Waals surface area contributed by atoms with Gasteiger partial charge >= 0.3 is 0 Å². The Balaban J connectivity index is 0.000000873. The summed E-state index contributed by atoms with van der Waals surface area (Å²) < 4.78 is 0. The molecule has 0 heterocycles. The molecule has 0 atom stereocenters. The molecule has 0 fully saturated rings. The molecule has 1 rings (SSSR count). The minimum atomic E-state index is 0.00843. The van der Waals surface area contributed by atoms with Crippen molar-refractivity contribution in [1.82, 2.24) is 4.90 Å². The number of amides is 1. The van der Waals surface area contributed by atoms with E-state index in [9.17, 15) is 4.79 Å². The lowest BCUT2D eigenvalue weighted by Gasteiger charge is -2.19. The molecule has 0 saturated heterocycles. The SMILES string of the molecule is CC(=O)N(CCC#N)Cc1ccccc1.CCC. The highest BCUT2D eigenvalue weighted by molar-refractivity contribution is 5.73. The Kier molecular flexibility index (Phi) is 9.30. The van der Waals surface area contributed by atoms with Gasteiger partial charge in [0.1, 0.15) is 0 Å². The predicted molar refractivity (Wildman–Crippen MR) is 73.7 cm³/mol. The molecule has 1 aromatic rings. The van der Waals surface area contributed by atoms with E-state index in [2.05, 4.69) is 13.8 Å². The molecule has 0 spiro atoms. The highest BCUT2D eigenvalue weighted by atomic mass is 16.2. The van der Waals surface area contributed by atoms with E-state index in [1.807, 2.05) is 36.4 Å². The van der Waals surface area contributed by atoms with Gasteiger partial charge in [0.2, 0.25) is 5.91 Å². The smallest absolute Gasteiger partial charge is 0.219 e. The lowest BCUT2D eigenvalue weighted by atomic mass is 10.2. The number of hydrogen-bond acceptors (Lipinski definition) is 2. The van der Waals surface area contributed by atoms with Crippen molar-refractivity contribution in [2.45, 2.75) is 40.2 Å². The van der Waals surface area contributed by atoms with Crippen LogP contribution in [0.15, 0.2) is 30.3 Å². The number of carbonyl (C=O) groups is 1. The predicted octanol–water partition coefficient (Wildman–Crippen LogP) is 3.37. The van der Waals surface area contributed by atoms with Gasteiger partial charge in [-0.3, -0.25) is 4.79 Å². The van der Waals surface area contributed by atoms with E-state index >= 15 is 0 Å². The van der Waals surface area contributed by atoms with E-state index in [0.717, 1.165) is 5.56 Å². The van der Waals surface area contributed by atoms with E-state index in [1.54, 1.807) is 4.90 Å². The Morgan fingerprint density at radius 3 is 2.28 bits per heavy atom.